The van der Waals surface area contributed by atoms with Crippen molar-refractivity contribution in [2.75, 3.05) is 18.0 Å². The highest BCUT2D eigenvalue weighted by atomic mass is 32.2. The predicted molar refractivity (Wildman–Crippen MR) is 115 cm³/mol. The topological polar surface area (TPSA) is 75.7 Å². The maximum absolute atomic E-state index is 13.3. The number of benzene rings is 2. The van der Waals surface area contributed by atoms with Gasteiger partial charge < -0.3 is 10.1 Å². The Balaban J connectivity index is 1.81. The molecule has 9 heteroatoms. The van der Waals surface area contributed by atoms with Crippen LogP contribution in [-0.4, -0.2) is 28.0 Å². The normalized spacial score (nSPS) is 12.2. The summed E-state index contributed by atoms with van der Waals surface area (Å²) in [7, 11) is -2.41. The molecule has 0 saturated heterocycles. The highest BCUT2D eigenvalue weighted by Gasteiger charge is 2.28. The fourth-order valence-corrected chi connectivity index (χ4v) is 5.36. The first kappa shape index (κ1) is 21.8. The number of ether oxygens (including phenoxy) is 1. The van der Waals surface area contributed by atoms with Gasteiger partial charge in [0, 0.05) is 0 Å². The second kappa shape index (κ2) is 9.27. The first-order chi connectivity index (χ1) is 14.3. The Bertz CT molecular complexity index is 1080. The van der Waals surface area contributed by atoms with Crippen molar-refractivity contribution in [1.29, 1.82) is 0 Å². The molecule has 0 aliphatic rings. The average Bonchev–Trinajstić information content (AvgIpc) is 3.28. The quantitative estimate of drug-likeness (QED) is 0.566. The summed E-state index contributed by atoms with van der Waals surface area (Å²) in [4.78, 5) is 12.7. The molecule has 0 bridgehead atoms. The lowest BCUT2D eigenvalue weighted by Crippen LogP contribution is -2.41. The van der Waals surface area contributed by atoms with Crippen LogP contribution in [0, 0.1) is 5.82 Å². The highest BCUT2D eigenvalue weighted by Crippen LogP contribution is 2.27. The van der Waals surface area contributed by atoms with E-state index < -0.39 is 28.3 Å². The Morgan fingerprint density at radius 2 is 1.80 bits per heavy atom. The van der Waals surface area contributed by atoms with Gasteiger partial charge in [0.15, 0.2) is 0 Å². The maximum Gasteiger partial charge on any atom is 0.274 e. The lowest BCUT2D eigenvalue weighted by atomic mass is 10.1. The van der Waals surface area contributed by atoms with Gasteiger partial charge in [-0.15, -0.1) is 11.3 Å². The van der Waals surface area contributed by atoms with Gasteiger partial charge in [0.25, 0.3) is 10.0 Å². The second-order valence-corrected chi connectivity index (χ2v) is 9.52. The van der Waals surface area contributed by atoms with E-state index in [1.165, 1.54) is 18.2 Å². The molecule has 0 spiro atoms. The third-order valence-corrected chi connectivity index (χ3v) is 7.58. The molecular weight excluding hydrogens is 427 g/mol. The Hall–Kier alpha value is -2.91. The SMILES string of the molecule is COc1ccc([C@H](C)NC(=O)CN(c2ccc(F)cc2)S(=O)(=O)c2cccs2)cc1. The van der Waals surface area contributed by atoms with Gasteiger partial charge in [0.1, 0.15) is 22.3 Å². The third kappa shape index (κ3) is 4.98. The fraction of sp³-hybridized carbons (Fsp3) is 0.190. The van der Waals surface area contributed by atoms with Crippen LogP contribution >= 0.6 is 11.3 Å². The number of nitrogens with zero attached hydrogens (tertiary/aromatic N) is 1. The summed E-state index contributed by atoms with van der Waals surface area (Å²) in [6.45, 7) is 1.36. The summed E-state index contributed by atoms with van der Waals surface area (Å²) in [5, 5.41) is 4.45. The molecule has 0 fully saturated rings. The monoisotopic (exact) mass is 448 g/mol. The van der Waals surface area contributed by atoms with Crippen LogP contribution in [0.3, 0.4) is 0 Å². The van der Waals surface area contributed by atoms with Crippen LogP contribution in [-0.2, 0) is 14.8 Å². The smallest absolute Gasteiger partial charge is 0.274 e. The molecule has 0 aliphatic carbocycles. The van der Waals surface area contributed by atoms with Crippen molar-refractivity contribution in [2.45, 2.75) is 17.2 Å². The standard InChI is InChI=1S/C21H21FN2O4S2/c1-15(16-5-11-19(28-2)12-6-16)23-20(25)14-24(18-9-7-17(22)8-10-18)30(26,27)21-4-3-13-29-21/h3-13,15H,14H2,1-2H3,(H,23,25)/t15-/m0/s1. The zero-order chi connectivity index (χ0) is 21.7. The molecule has 1 heterocycles. The van der Waals surface area contributed by atoms with Crippen molar-refractivity contribution in [1.82, 2.24) is 5.32 Å². The van der Waals surface area contributed by atoms with Crippen LogP contribution in [0.2, 0.25) is 0 Å². The first-order valence-corrected chi connectivity index (χ1v) is 11.4. The summed E-state index contributed by atoms with van der Waals surface area (Å²) in [5.41, 5.74) is 1.05. The van der Waals surface area contributed by atoms with Crippen molar-refractivity contribution >= 4 is 33.0 Å². The minimum absolute atomic E-state index is 0.0998. The Morgan fingerprint density at radius 1 is 1.13 bits per heavy atom. The van der Waals surface area contributed by atoms with E-state index in [-0.39, 0.29) is 15.9 Å². The summed E-state index contributed by atoms with van der Waals surface area (Å²) < 4.78 is 45.7. The molecule has 30 heavy (non-hydrogen) atoms. The Kier molecular flexibility index (Phi) is 6.73. The van der Waals surface area contributed by atoms with Crippen molar-refractivity contribution in [3.05, 3.63) is 77.4 Å². The largest absolute Gasteiger partial charge is 0.497 e. The van der Waals surface area contributed by atoms with E-state index in [1.807, 2.05) is 12.1 Å². The van der Waals surface area contributed by atoms with E-state index in [4.69, 9.17) is 4.74 Å². The summed E-state index contributed by atoms with van der Waals surface area (Å²) >= 11 is 1.05. The molecule has 6 nitrogen and oxygen atoms in total. The molecule has 1 amide bonds. The van der Waals surface area contributed by atoms with E-state index in [0.717, 1.165) is 33.3 Å². The lowest BCUT2D eigenvalue weighted by molar-refractivity contribution is -0.120. The number of hydrogen-bond donors (Lipinski definition) is 1. The van der Waals surface area contributed by atoms with Crippen LogP contribution in [0.1, 0.15) is 18.5 Å². The van der Waals surface area contributed by atoms with Crippen molar-refractivity contribution in [3.63, 3.8) is 0 Å². The molecule has 1 N–H and O–H groups in total. The number of methoxy groups -OCH3 is 1. The zero-order valence-corrected chi connectivity index (χ0v) is 18.0. The fourth-order valence-electron chi connectivity index (χ4n) is 2.83. The van der Waals surface area contributed by atoms with Crippen LogP contribution in [0.15, 0.2) is 70.3 Å². The molecule has 1 aromatic heterocycles. The predicted octanol–water partition coefficient (Wildman–Crippen LogP) is 3.97. The van der Waals surface area contributed by atoms with Gasteiger partial charge >= 0.3 is 0 Å². The summed E-state index contributed by atoms with van der Waals surface area (Å²) in [6.07, 6.45) is 0. The molecule has 2 aromatic carbocycles. The van der Waals surface area contributed by atoms with Crippen LogP contribution < -0.4 is 14.4 Å². The van der Waals surface area contributed by atoms with Crippen molar-refractivity contribution in [2.24, 2.45) is 0 Å². The molecule has 0 unspecified atom stereocenters. The molecule has 0 aliphatic heterocycles. The van der Waals surface area contributed by atoms with Gasteiger partial charge in [0.05, 0.1) is 18.8 Å². The van der Waals surface area contributed by atoms with Crippen LogP contribution in [0.25, 0.3) is 0 Å². The first-order valence-electron chi connectivity index (χ1n) is 9.06. The number of hydrogen-bond acceptors (Lipinski definition) is 5. The molecular formula is C21H21FN2O4S2. The van der Waals surface area contributed by atoms with E-state index in [1.54, 1.807) is 37.6 Å². The van der Waals surface area contributed by atoms with Gasteiger partial charge in [-0.05, 0) is 60.3 Å². The van der Waals surface area contributed by atoms with Gasteiger partial charge in [-0.2, -0.15) is 0 Å². The van der Waals surface area contributed by atoms with E-state index in [2.05, 4.69) is 5.32 Å². The number of carbonyl (C=O) groups is 1. The van der Waals surface area contributed by atoms with Gasteiger partial charge in [-0.3, -0.25) is 9.10 Å². The van der Waals surface area contributed by atoms with E-state index in [0.29, 0.717) is 5.75 Å². The van der Waals surface area contributed by atoms with Gasteiger partial charge in [0.2, 0.25) is 5.91 Å². The van der Waals surface area contributed by atoms with Gasteiger partial charge in [-0.1, -0.05) is 18.2 Å². The number of sulfonamides is 1. The number of nitrogens with one attached hydrogen (secondary N) is 1. The molecule has 3 aromatic rings. The van der Waals surface area contributed by atoms with Crippen LogP contribution in [0.4, 0.5) is 10.1 Å². The van der Waals surface area contributed by atoms with E-state index >= 15 is 0 Å². The number of amides is 1. The summed E-state index contributed by atoms with van der Waals surface area (Å²) in [5.74, 6) is -0.283. The number of rotatable bonds is 8. The average molecular weight is 449 g/mol. The minimum atomic E-state index is -3.98. The molecule has 3 rings (SSSR count). The molecule has 0 radical (unpaired) electrons. The number of thiophene rings is 1. The van der Waals surface area contributed by atoms with E-state index in [9.17, 15) is 17.6 Å². The van der Waals surface area contributed by atoms with Gasteiger partial charge in [-0.25, -0.2) is 12.8 Å². The molecule has 158 valence electrons. The molecule has 0 saturated carbocycles. The summed E-state index contributed by atoms with van der Waals surface area (Å²) in [6, 6.07) is 14.9. The third-order valence-electron chi connectivity index (χ3n) is 4.43. The molecule has 1 atom stereocenters. The Labute approximate surface area is 179 Å². The van der Waals surface area contributed by atoms with Crippen molar-refractivity contribution in [3.8, 4) is 5.75 Å². The van der Waals surface area contributed by atoms with Crippen LogP contribution in [0.5, 0.6) is 5.75 Å². The number of carbonyl (C=O) groups excluding carboxylic acids is 1. The highest BCUT2D eigenvalue weighted by molar-refractivity contribution is 7.94. The Morgan fingerprint density at radius 3 is 2.37 bits per heavy atom. The number of anilines is 1. The zero-order valence-electron chi connectivity index (χ0n) is 16.4. The minimum Gasteiger partial charge on any atom is -0.497 e. The lowest BCUT2D eigenvalue weighted by Gasteiger charge is -2.24. The number of halogens is 1. The van der Waals surface area contributed by atoms with Crippen molar-refractivity contribution < 1.29 is 22.3 Å². The second-order valence-electron chi connectivity index (χ2n) is 6.48. The maximum atomic E-state index is 13.3.